The van der Waals surface area contributed by atoms with Crippen molar-refractivity contribution in [3.05, 3.63) is 17.5 Å². The summed E-state index contributed by atoms with van der Waals surface area (Å²) < 4.78 is 10.4. The minimum Gasteiger partial charge on any atom is -0.379 e. The molecule has 1 saturated heterocycles. The molecule has 0 spiro atoms. The van der Waals surface area contributed by atoms with Gasteiger partial charge in [-0.2, -0.15) is 0 Å². The van der Waals surface area contributed by atoms with Gasteiger partial charge in [-0.3, -0.25) is 4.90 Å². The van der Waals surface area contributed by atoms with Crippen molar-refractivity contribution in [2.75, 3.05) is 39.9 Å². The van der Waals surface area contributed by atoms with E-state index in [1.807, 2.05) is 13.0 Å². The largest absolute Gasteiger partial charge is 0.379 e. The zero-order valence-electron chi connectivity index (χ0n) is 14.6. The number of morpholine rings is 1. The highest BCUT2D eigenvalue weighted by atomic mass is 16.5. The van der Waals surface area contributed by atoms with E-state index in [2.05, 4.69) is 29.2 Å². The first-order valence-corrected chi connectivity index (χ1v) is 8.18. The van der Waals surface area contributed by atoms with Gasteiger partial charge in [-0.1, -0.05) is 12.1 Å². The zero-order valence-corrected chi connectivity index (χ0v) is 14.6. The average molecular weight is 324 g/mol. The Bertz CT molecular complexity index is 513. The van der Waals surface area contributed by atoms with Crippen LogP contribution < -0.4 is 5.32 Å². The molecule has 2 rings (SSSR count). The highest BCUT2D eigenvalue weighted by Crippen LogP contribution is 2.20. The number of rotatable bonds is 6. The summed E-state index contributed by atoms with van der Waals surface area (Å²) in [5.41, 5.74) is 0.705. The maximum atomic E-state index is 12.3. The van der Waals surface area contributed by atoms with Gasteiger partial charge in [0.25, 0.3) is 0 Å². The Balaban J connectivity index is 1.85. The number of nitrogens with one attached hydrogen (secondary N) is 1. The Morgan fingerprint density at radius 1 is 1.48 bits per heavy atom. The van der Waals surface area contributed by atoms with Gasteiger partial charge in [0.1, 0.15) is 11.5 Å². The average Bonchev–Trinajstić information content (AvgIpc) is 2.98. The molecule has 130 valence electrons. The van der Waals surface area contributed by atoms with E-state index in [1.54, 1.807) is 11.9 Å². The van der Waals surface area contributed by atoms with Crippen molar-refractivity contribution < 1.29 is 14.1 Å². The molecule has 2 amide bonds. The fraction of sp³-hybridized carbons (Fsp3) is 0.750. The van der Waals surface area contributed by atoms with Crippen LogP contribution in [0.25, 0.3) is 0 Å². The minimum atomic E-state index is -0.0985. The molecule has 0 saturated carbocycles. The molecule has 0 unspecified atom stereocenters. The summed E-state index contributed by atoms with van der Waals surface area (Å²) in [6.07, 6.45) is 0.972. The fourth-order valence-electron chi connectivity index (χ4n) is 2.77. The number of hydrogen-bond acceptors (Lipinski definition) is 5. The third-order valence-corrected chi connectivity index (χ3v) is 4.58. The van der Waals surface area contributed by atoms with Gasteiger partial charge in [0, 0.05) is 38.3 Å². The molecule has 1 N–H and O–H groups in total. The minimum absolute atomic E-state index is 0.0508. The highest BCUT2D eigenvalue weighted by molar-refractivity contribution is 5.73. The van der Waals surface area contributed by atoms with E-state index in [-0.39, 0.29) is 11.6 Å². The van der Waals surface area contributed by atoms with E-state index in [4.69, 9.17) is 9.26 Å². The lowest BCUT2D eigenvalue weighted by Gasteiger charge is -2.43. The summed E-state index contributed by atoms with van der Waals surface area (Å²) in [5.74, 6) is 0.750. The summed E-state index contributed by atoms with van der Waals surface area (Å²) in [6, 6.07) is 1.74. The van der Waals surface area contributed by atoms with E-state index < -0.39 is 0 Å². The third-order valence-electron chi connectivity index (χ3n) is 4.58. The number of hydrogen-bond donors (Lipinski definition) is 1. The molecule has 1 aliphatic heterocycles. The quantitative estimate of drug-likeness (QED) is 0.861. The molecule has 0 aromatic carbocycles. The Morgan fingerprint density at radius 3 is 2.74 bits per heavy atom. The van der Waals surface area contributed by atoms with Crippen molar-refractivity contribution >= 4 is 6.03 Å². The maximum absolute atomic E-state index is 12.3. The van der Waals surface area contributed by atoms with E-state index in [9.17, 15) is 4.79 Å². The molecule has 7 nitrogen and oxygen atoms in total. The summed E-state index contributed by atoms with van der Waals surface area (Å²) >= 11 is 0. The first kappa shape index (κ1) is 17.7. The van der Waals surface area contributed by atoms with E-state index in [1.165, 1.54) is 0 Å². The molecule has 7 heteroatoms. The van der Waals surface area contributed by atoms with Gasteiger partial charge in [-0.25, -0.2) is 4.79 Å². The SMILES string of the molecule is CC[C@](C)(CNC(=O)N(C)Cc1cc(C)on1)N1CCOCC1. The van der Waals surface area contributed by atoms with Gasteiger partial charge in [0.05, 0.1) is 19.8 Å². The molecule has 1 fully saturated rings. The van der Waals surface area contributed by atoms with Crippen molar-refractivity contribution in [3.8, 4) is 0 Å². The molecule has 1 aromatic heterocycles. The molecular weight excluding hydrogens is 296 g/mol. The summed E-state index contributed by atoms with van der Waals surface area (Å²) in [7, 11) is 1.76. The molecule has 0 bridgehead atoms. The Morgan fingerprint density at radius 2 is 2.17 bits per heavy atom. The lowest BCUT2D eigenvalue weighted by Crippen LogP contribution is -2.57. The lowest BCUT2D eigenvalue weighted by molar-refractivity contribution is -0.0167. The first-order valence-electron chi connectivity index (χ1n) is 8.18. The topological polar surface area (TPSA) is 70.8 Å². The number of carbonyl (C=O) groups is 1. The summed E-state index contributed by atoms with van der Waals surface area (Å²) in [6.45, 7) is 10.6. The van der Waals surface area contributed by atoms with Gasteiger partial charge >= 0.3 is 6.03 Å². The van der Waals surface area contributed by atoms with Crippen LogP contribution in [0.3, 0.4) is 0 Å². The van der Waals surface area contributed by atoms with Crippen molar-refractivity contribution in [3.63, 3.8) is 0 Å². The van der Waals surface area contributed by atoms with Gasteiger partial charge in [0.15, 0.2) is 0 Å². The van der Waals surface area contributed by atoms with Crippen LogP contribution in [0.5, 0.6) is 0 Å². The third kappa shape index (κ3) is 4.68. The molecule has 0 aliphatic carbocycles. The number of aromatic nitrogens is 1. The Kier molecular flexibility index (Phi) is 6.01. The van der Waals surface area contributed by atoms with Crippen LogP contribution in [0.1, 0.15) is 31.7 Å². The maximum Gasteiger partial charge on any atom is 0.317 e. The normalized spacial score (nSPS) is 18.4. The predicted molar refractivity (Wildman–Crippen MR) is 87.2 cm³/mol. The summed E-state index contributed by atoms with van der Waals surface area (Å²) in [4.78, 5) is 16.3. The van der Waals surface area contributed by atoms with Crippen LogP contribution in [0.2, 0.25) is 0 Å². The second-order valence-corrected chi connectivity index (χ2v) is 6.39. The Hall–Kier alpha value is -1.60. The number of carbonyl (C=O) groups excluding carboxylic acids is 1. The van der Waals surface area contributed by atoms with Gasteiger partial charge in [-0.05, 0) is 20.3 Å². The van der Waals surface area contributed by atoms with Gasteiger partial charge < -0.3 is 19.5 Å². The van der Waals surface area contributed by atoms with Crippen LogP contribution in [-0.4, -0.2) is 66.4 Å². The molecule has 0 radical (unpaired) electrons. The van der Waals surface area contributed by atoms with Crippen molar-refractivity contribution in [1.29, 1.82) is 0 Å². The fourth-order valence-corrected chi connectivity index (χ4v) is 2.77. The molecular formula is C16H28N4O3. The highest BCUT2D eigenvalue weighted by Gasteiger charge is 2.32. The standard InChI is InChI=1S/C16H28N4O3/c1-5-16(3,20-6-8-22-9-7-20)12-17-15(21)19(4)11-14-10-13(2)23-18-14/h10H,5-9,11-12H2,1-4H3,(H,17,21)/t16-/m1/s1. The number of aryl methyl sites for hydroxylation is 1. The second-order valence-electron chi connectivity index (χ2n) is 6.39. The lowest BCUT2D eigenvalue weighted by atomic mass is 9.95. The molecule has 1 atom stereocenters. The monoisotopic (exact) mass is 324 g/mol. The van der Waals surface area contributed by atoms with E-state index in [0.717, 1.165) is 44.2 Å². The molecule has 1 aliphatic rings. The molecule has 2 heterocycles. The molecule has 23 heavy (non-hydrogen) atoms. The number of ether oxygens (including phenoxy) is 1. The van der Waals surface area contributed by atoms with Crippen LogP contribution >= 0.6 is 0 Å². The van der Waals surface area contributed by atoms with Gasteiger partial charge in [-0.15, -0.1) is 0 Å². The van der Waals surface area contributed by atoms with Gasteiger partial charge in [0.2, 0.25) is 0 Å². The van der Waals surface area contributed by atoms with Crippen LogP contribution in [0, 0.1) is 6.92 Å². The Labute approximate surface area is 137 Å². The zero-order chi connectivity index (χ0) is 16.9. The molecule has 1 aromatic rings. The van der Waals surface area contributed by atoms with E-state index >= 15 is 0 Å². The van der Waals surface area contributed by atoms with Crippen LogP contribution in [0.15, 0.2) is 10.6 Å². The van der Waals surface area contributed by atoms with Crippen LogP contribution in [0.4, 0.5) is 4.79 Å². The smallest absolute Gasteiger partial charge is 0.317 e. The summed E-state index contributed by atoms with van der Waals surface area (Å²) in [5, 5.41) is 6.96. The second kappa shape index (κ2) is 7.79. The van der Waals surface area contributed by atoms with E-state index in [0.29, 0.717) is 13.1 Å². The number of nitrogens with zero attached hydrogens (tertiary/aromatic N) is 3. The van der Waals surface area contributed by atoms with Crippen molar-refractivity contribution in [1.82, 2.24) is 20.3 Å². The first-order chi connectivity index (χ1) is 10.9. The number of amides is 2. The van der Waals surface area contributed by atoms with Crippen LogP contribution in [-0.2, 0) is 11.3 Å². The predicted octanol–water partition coefficient (Wildman–Crippen LogP) is 1.63. The van der Waals surface area contributed by atoms with Crippen molar-refractivity contribution in [2.45, 2.75) is 39.3 Å². The van der Waals surface area contributed by atoms with Crippen molar-refractivity contribution in [2.24, 2.45) is 0 Å². The number of urea groups is 1.